The third-order valence-electron chi connectivity index (χ3n) is 5.97. The molecule has 1 saturated heterocycles. The average molecular weight is 440 g/mol. The largest absolute Gasteiger partial charge is 0.495 e. The number of benzene rings is 1. The van der Waals surface area contributed by atoms with Crippen molar-refractivity contribution in [3.05, 3.63) is 34.0 Å². The van der Waals surface area contributed by atoms with E-state index in [1.54, 1.807) is 11.3 Å². The Hall–Kier alpha value is -1.58. The summed E-state index contributed by atoms with van der Waals surface area (Å²) >= 11 is 1.68. The summed E-state index contributed by atoms with van der Waals surface area (Å²) in [4.78, 5) is -0.117. The van der Waals surface area contributed by atoms with Gasteiger partial charge in [-0.15, -0.1) is 21.5 Å². The Labute approximate surface area is 175 Å². The molecule has 158 valence electrons. The molecule has 29 heavy (non-hydrogen) atoms. The van der Waals surface area contributed by atoms with Gasteiger partial charge in [-0.1, -0.05) is 25.7 Å². The van der Waals surface area contributed by atoms with Crippen LogP contribution >= 0.6 is 11.3 Å². The number of ether oxygens (including phenoxy) is 1. The molecule has 1 aromatic heterocycles. The number of methoxy groups -OCH3 is 1. The molecule has 0 amide bonds. The first-order valence-electron chi connectivity index (χ1n) is 10.1. The number of nitrogens with zero attached hydrogens (tertiary/aromatic N) is 3. The monoisotopic (exact) mass is 439 g/mol. The van der Waals surface area contributed by atoms with Crippen LogP contribution < -0.4 is 4.74 Å². The summed E-state index contributed by atoms with van der Waals surface area (Å²) in [6.45, 7) is 0.758. The molecule has 2 aliphatic rings. The zero-order valence-electron chi connectivity index (χ0n) is 16.5. The van der Waals surface area contributed by atoms with Gasteiger partial charge >= 0.3 is 0 Å². The van der Waals surface area contributed by atoms with Gasteiger partial charge in [0.25, 0.3) is 0 Å². The molecule has 9 heteroatoms. The molecule has 1 aromatic carbocycles. The number of hydrogen-bond donors (Lipinski definition) is 0. The van der Waals surface area contributed by atoms with Crippen molar-refractivity contribution in [2.24, 2.45) is 5.92 Å². The molecule has 4 rings (SSSR count). The minimum Gasteiger partial charge on any atom is -0.495 e. The highest BCUT2D eigenvalue weighted by molar-refractivity contribution is 7.89. The predicted octanol–water partition coefficient (Wildman–Crippen LogP) is 3.99. The fourth-order valence-electron chi connectivity index (χ4n) is 4.31. The van der Waals surface area contributed by atoms with Crippen molar-refractivity contribution in [3.8, 4) is 5.75 Å². The van der Waals surface area contributed by atoms with Crippen molar-refractivity contribution in [2.75, 3.05) is 20.2 Å². The van der Waals surface area contributed by atoms with Crippen LogP contribution in [0.25, 0.3) is 0 Å². The number of hydrogen-bond acceptors (Lipinski definition) is 6. The predicted molar refractivity (Wildman–Crippen MR) is 109 cm³/mol. The quantitative estimate of drug-likeness (QED) is 0.681. The van der Waals surface area contributed by atoms with E-state index in [2.05, 4.69) is 10.2 Å². The Bertz CT molecular complexity index is 950. The summed E-state index contributed by atoms with van der Waals surface area (Å²) in [6, 6.07) is 3.57. The van der Waals surface area contributed by atoms with Gasteiger partial charge in [0.2, 0.25) is 10.0 Å². The maximum absolute atomic E-state index is 13.7. The van der Waals surface area contributed by atoms with Crippen molar-refractivity contribution in [1.29, 1.82) is 0 Å². The molecular formula is C20H26FN3O3S2. The van der Waals surface area contributed by atoms with Crippen LogP contribution in [0.3, 0.4) is 0 Å². The van der Waals surface area contributed by atoms with Gasteiger partial charge in [0.15, 0.2) is 0 Å². The minimum atomic E-state index is -3.81. The highest BCUT2D eigenvalue weighted by Gasteiger charge is 2.33. The summed E-state index contributed by atoms with van der Waals surface area (Å²) in [5, 5.41) is 10.9. The highest BCUT2D eigenvalue weighted by Crippen LogP contribution is 2.36. The van der Waals surface area contributed by atoms with Crippen LogP contribution in [-0.2, 0) is 16.4 Å². The molecule has 0 N–H and O–H groups in total. The first kappa shape index (κ1) is 20.7. The molecule has 0 radical (unpaired) electrons. The summed E-state index contributed by atoms with van der Waals surface area (Å²) in [5.41, 5.74) is 0. The lowest BCUT2D eigenvalue weighted by molar-refractivity contribution is 0.316. The molecule has 0 spiro atoms. The molecule has 2 fully saturated rings. The van der Waals surface area contributed by atoms with Gasteiger partial charge in [0.05, 0.1) is 7.11 Å². The Kier molecular flexibility index (Phi) is 6.17. The number of aromatic nitrogens is 2. The van der Waals surface area contributed by atoms with Crippen molar-refractivity contribution >= 4 is 21.4 Å². The van der Waals surface area contributed by atoms with Gasteiger partial charge in [-0.05, 0) is 37.0 Å². The Morgan fingerprint density at radius 3 is 2.59 bits per heavy atom. The van der Waals surface area contributed by atoms with Crippen molar-refractivity contribution in [1.82, 2.24) is 14.5 Å². The number of rotatable bonds is 6. The van der Waals surface area contributed by atoms with Crippen LogP contribution in [0.2, 0.25) is 0 Å². The zero-order chi connectivity index (χ0) is 20.4. The topological polar surface area (TPSA) is 72.4 Å². The Morgan fingerprint density at radius 2 is 1.90 bits per heavy atom. The Morgan fingerprint density at radius 1 is 1.17 bits per heavy atom. The molecule has 1 aliphatic carbocycles. The zero-order valence-corrected chi connectivity index (χ0v) is 18.1. The van der Waals surface area contributed by atoms with E-state index in [-0.39, 0.29) is 16.6 Å². The van der Waals surface area contributed by atoms with Gasteiger partial charge in [-0.2, -0.15) is 4.31 Å². The molecule has 2 aromatic rings. The number of halogens is 1. The van der Waals surface area contributed by atoms with Gasteiger partial charge in [0.1, 0.15) is 26.5 Å². The number of sulfonamides is 1. The molecule has 0 atom stereocenters. The van der Waals surface area contributed by atoms with E-state index in [0.29, 0.717) is 25.9 Å². The van der Waals surface area contributed by atoms with Gasteiger partial charge < -0.3 is 4.74 Å². The fraction of sp³-hybridized carbons (Fsp3) is 0.600. The standard InChI is InChI=1S/C20H26FN3O3S2/c1-27-17-7-6-16(21)13-18(17)29(25,26)24-10-8-15(9-11-24)20-23-22-19(28-20)12-14-4-2-3-5-14/h6-7,13-15H,2-5,8-12H2,1H3. The van der Waals surface area contributed by atoms with E-state index in [4.69, 9.17) is 4.74 Å². The summed E-state index contributed by atoms with van der Waals surface area (Å²) < 4.78 is 46.2. The van der Waals surface area contributed by atoms with Crippen LogP contribution in [0.1, 0.15) is 54.5 Å². The van der Waals surface area contributed by atoms with E-state index in [9.17, 15) is 12.8 Å². The Balaban J connectivity index is 1.41. The van der Waals surface area contributed by atoms with E-state index >= 15 is 0 Å². The van der Waals surface area contributed by atoms with Crippen LogP contribution in [0.15, 0.2) is 23.1 Å². The lowest BCUT2D eigenvalue weighted by atomic mass is 9.99. The maximum atomic E-state index is 13.7. The molecule has 6 nitrogen and oxygen atoms in total. The van der Waals surface area contributed by atoms with E-state index < -0.39 is 15.8 Å². The second-order valence-corrected chi connectivity index (χ2v) is 10.9. The van der Waals surface area contributed by atoms with Crippen LogP contribution in [0, 0.1) is 11.7 Å². The van der Waals surface area contributed by atoms with Crippen LogP contribution in [0.4, 0.5) is 4.39 Å². The average Bonchev–Trinajstić information content (AvgIpc) is 3.41. The van der Waals surface area contributed by atoms with Crippen LogP contribution in [0.5, 0.6) is 5.75 Å². The summed E-state index contributed by atoms with van der Waals surface area (Å²) in [7, 11) is -2.42. The first-order valence-corrected chi connectivity index (χ1v) is 12.4. The third-order valence-corrected chi connectivity index (χ3v) is 9.00. The lowest BCUT2D eigenvalue weighted by Gasteiger charge is -2.30. The van der Waals surface area contributed by atoms with Gasteiger partial charge in [-0.3, -0.25) is 0 Å². The second-order valence-electron chi connectivity index (χ2n) is 7.86. The highest BCUT2D eigenvalue weighted by atomic mass is 32.2. The lowest BCUT2D eigenvalue weighted by Crippen LogP contribution is -2.38. The smallest absolute Gasteiger partial charge is 0.246 e. The van der Waals surface area contributed by atoms with E-state index in [1.807, 2.05) is 0 Å². The molecule has 2 heterocycles. The van der Waals surface area contributed by atoms with E-state index in [0.717, 1.165) is 28.4 Å². The third kappa shape index (κ3) is 4.46. The fourth-order valence-corrected chi connectivity index (χ4v) is 7.07. The normalized spacial score (nSPS) is 19.7. The summed E-state index contributed by atoms with van der Waals surface area (Å²) in [5.74, 6) is 0.534. The first-order chi connectivity index (χ1) is 14.0. The van der Waals surface area contributed by atoms with Crippen molar-refractivity contribution in [2.45, 2.75) is 55.8 Å². The maximum Gasteiger partial charge on any atom is 0.246 e. The molecule has 0 bridgehead atoms. The van der Waals surface area contributed by atoms with Crippen molar-refractivity contribution in [3.63, 3.8) is 0 Å². The summed E-state index contributed by atoms with van der Waals surface area (Å²) in [6.07, 6.45) is 7.61. The number of piperidine rings is 1. The second kappa shape index (κ2) is 8.65. The van der Waals surface area contributed by atoms with Gasteiger partial charge in [-0.25, -0.2) is 12.8 Å². The SMILES string of the molecule is COc1ccc(F)cc1S(=O)(=O)N1CCC(c2nnc(CC3CCCC3)s2)CC1. The van der Waals surface area contributed by atoms with Gasteiger partial charge in [0, 0.05) is 25.4 Å². The molecular weight excluding hydrogens is 413 g/mol. The molecule has 1 aliphatic heterocycles. The van der Waals surface area contributed by atoms with Crippen molar-refractivity contribution < 1.29 is 17.5 Å². The molecule has 0 unspecified atom stereocenters. The van der Waals surface area contributed by atoms with E-state index in [1.165, 1.54) is 49.2 Å². The molecule has 1 saturated carbocycles. The van der Waals surface area contributed by atoms with Crippen LogP contribution in [-0.4, -0.2) is 43.1 Å². The minimum absolute atomic E-state index is 0.117.